The summed E-state index contributed by atoms with van der Waals surface area (Å²) in [5, 5.41) is 7.63. The van der Waals surface area contributed by atoms with E-state index in [2.05, 4.69) is 36.4 Å². The van der Waals surface area contributed by atoms with E-state index in [4.69, 9.17) is 0 Å². The molecule has 2 aromatic carbocycles. The van der Waals surface area contributed by atoms with Crippen molar-refractivity contribution in [2.75, 3.05) is 0 Å². The molecule has 3 aromatic rings. The van der Waals surface area contributed by atoms with Gasteiger partial charge in [-0.1, -0.05) is 56.3 Å². The van der Waals surface area contributed by atoms with Crippen LogP contribution in [0, 0.1) is 11.2 Å². The van der Waals surface area contributed by atoms with Gasteiger partial charge in [-0.25, -0.2) is 4.39 Å². The van der Waals surface area contributed by atoms with Crippen LogP contribution in [0.2, 0.25) is 0 Å². The zero-order chi connectivity index (χ0) is 19.7. The average Bonchev–Trinajstić information content (AvgIpc) is 3.04. The Balaban J connectivity index is 1.62. The molecule has 0 saturated carbocycles. The van der Waals surface area contributed by atoms with Gasteiger partial charge in [-0.05, 0) is 36.0 Å². The van der Waals surface area contributed by atoms with Gasteiger partial charge in [-0.15, -0.1) is 0 Å². The van der Waals surface area contributed by atoms with E-state index in [1.54, 1.807) is 12.1 Å². The number of nitrogens with one attached hydrogen (secondary N) is 1. The molecule has 4 rings (SSSR count). The summed E-state index contributed by atoms with van der Waals surface area (Å²) in [5.41, 5.74) is 3.43. The number of fused-ring (bicyclic) bond motifs is 1. The summed E-state index contributed by atoms with van der Waals surface area (Å²) in [7, 11) is 0. The highest BCUT2D eigenvalue weighted by Crippen LogP contribution is 2.41. The Kier molecular flexibility index (Phi) is 4.75. The van der Waals surface area contributed by atoms with Gasteiger partial charge in [0.1, 0.15) is 5.82 Å². The molecule has 1 amide bonds. The smallest absolute Gasteiger partial charge is 0.254 e. The zero-order valence-corrected chi connectivity index (χ0v) is 16.2. The predicted molar refractivity (Wildman–Crippen MR) is 106 cm³/mol. The number of rotatable bonds is 4. The minimum absolute atomic E-state index is 0.00858. The molecular weight excluding hydrogens is 353 g/mol. The van der Waals surface area contributed by atoms with Gasteiger partial charge in [0.2, 0.25) is 0 Å². The number of hydrogen-bond donors (Lipinski definition) is 1. The van der Waals surface area contributed by atoms with Crippen LogP contribution >= 0.6 is 0 Å². The zero-order valence-electron chi connectivity index (χ0n) is 16.2. The van der Waals surface area contributed by atoms with Crippen LogP contribution < -0.4 is 5.32 Å². The van der Waals surface area contributed by atoms with Crippen LogP contribution in [0.3, 0.4) is 0 Å². The minimum Gasteiger partial charge on any atom is -0.345 e. The molecule has 1 heterocycles. The molecule has 1 aliphatic rings. The van der Waals surface area contributed by atoms with Crippen LogP contribution in [0.25, 0.3) is 0 Å². The molecule has 1 atom stereocenters. The maximum Gasteiger partial charge on any atom is 0.254 e. The Morgan fingerprint density at radius 2 is 1.89 bits per heavy atom. The van der Waals surface area contributed by atoms with Crippen molar-refractivity contribution in [1.82, 2.24) is 15.1 Å². The Bertz CT molecular complexity index is 994. The molecule has 0 fully saturated rings. The van der Waals surface area contributed by atoms with E-state index in [1.807, 2.05) is 29.1 Å². The Labute approximate surface area is 164 Å². The lowest BCUT2D eigenvalue weighted by atomic mass is 9.74. The highest BCUT2D eigenvalue weighted by molar-refractivity contribution is 5.94. The third-order valence-electron chi connectivity index (χ3n) is 5.36. The standard InChI is InChI=1S/C23H24FN3O/c1-23(2)12-20(26-22(28)17-10-6-7-11-19(17)24)18-14-25-27(21(18)13-23)15-16-8-4-3-5-9-16/h3-11,14,20H,12-13,15H2,1-2H3,(H,26,28)/t20-/m1/s1. The molecule has 144 valence electrons. The van der Waals surface area contributed by atoms with Crippen molar-refractivity contribution in [3.05, 3.63) is 89.0 Å². The van der Waals surface area contributed by atoms with Gasteiger partial charge in [0, 0.05) is 11.3 Å². The highest BCUT2D eigenvalue weighted by Gasteiger charge is 2.36. The van der Waals surface area contributed by atoms with Crippen LogP contribution in [0.5, 0.6) is 0 Å². The summed E-state index contributed by atoms with van der Waals surface area (Å²) in [5.74, 6) is -0.891. The quantitative estimate of drug-likeness (QED) is 0.727. The second-order valence-electron chi connectivity index (χ2n) is 8.24. The van der Waals surface area contributed by atoms with Crippen molar-refractivity contribution >= 4 is 5.91 Å². The number of carbonyl (C=O) groups excluding carboxylic acids is 1. The van der Waals surface area contributed by atoms with Crippen molar-refractivity contribution in [1.29, 1.82) is 0 Å². The fraction of sp³-hybridized carbons (Fsp3) is 0.304. The molecule has 28 heavy (non-hydrogen) atoms. The number of halogens is 1. The lowest BCUT2D eigenvalue weighted by molar-refractivity contribution is 0.0915. The Morgan fingerprint density at radius 1 is 1.18 bits per heavy atom. The molecule has 0 unspecified atom stereocenters. The maximum absolute atomic E-state index is 14.0. The lowest BCUT2D eigenvalue weighted by Crippen LogP contribution is -2.37. The monoisotopic (exact) mass is 377 g/mol. The second-order valence-corrected chi connectivity index (χ2v) is 8.24. The third-order valence-corrected chi connectivity index (χ3v) is 5.36. The van der Waals surface area contributed by atoms with Gasteiger partial charge < -0.3 is 5.32 Å². The van der Waals surface area contributed by atoms with Gasteiger partial charge in [0.15, 0.2) is 0 Å². The van der Waals surface area contributed by atoms with Crippen LogP contribution in [0.15, 0.2) is 60.8 Å². The van der Waals surface area contributed by atoms with Crippen molar-refractivity contribution < 1.29 is 9.18 Å². The average molecular weight is 377 g/mol. The van der Waals surface area contributed by atoms with Crippen molar-refractivity contribution in [3.8, 4) is 0 Å². The normalized spacial score (nSPS) is 17.8. The first-order chi connectivity index (χ1) is 13.4. The molecule has 0 bridgehead atoms. The molecule has 0 saturated heterocycles. The van der Waals surface area contributed by atoms with Gasteiger partial charge in [-0.2, -0.15) is 5.10 Å². The minimum atomic E-state index is -0.505. The second kappa shape index (κ2) is 7.23. The molecule has 5 heteroatoms. The van der Waals surface area contributed by atoms with Crippen LogP contribution in [0.1, 0.15) is 53.5 Å². The molecule has 0 radical (unpaired) electrons. The number of nitrogens with zero attached hydrogens (tertiary/aromatic N) is 2. The van der Waals surface area contributed by atoms with Crippen molar-refractivity contribution in [3.63, 3.8) is 0 Å². The first kappa shape index (κ1) is 18.4. The summed E-state index contributed by atoms with van der Waals surface area (Å²) in [6.45, 7) is 5.08. The molecule has 0 spiro atoms. The Morgan fingerprint density at radius 3 is 2.64 bits per heavy atom. The number of hydrogen-bond acceptors (Lipinski definition) is 2. The molecule has 1 N–H and O–H groups in total. The molecule has 0 aliphatic heterocycles. The first-order valence-corrected chi connectivity index (χ1v) is 9.57. The first-order valence-electron chi connectivity index (χ1n) is 9.57. The van der Waals surface area contributed by atoms with E-state index < -0.39 is 5.82 Å². The maximum atomic E-state index is 14.0. The summed E-state index contributed by atoms with van der Waals surface area (Å²) >= 11 is 0. The number of aromatic nitrogens is 2. The number of benzene rings is 2. The largest absolute Gasteiger partial charge is 0.345 e. The SMILES string of the molecule is CC1(C)Cc2c(cnn2Cc2ccccc2)[C@H](NC(=O)c2ccccc2F)C1. The summed E-state index contributed by atoms with van der Waals surface area (Å²) in [4.78, 5) is 12.7. The summed E-state index contributed by atoms with van der Waals surface area (Å²) in [6.07, 6.45) is 3.53. The lowest BCUT2D eigenvalue weighted by Gasteiger charge is -2.36. The molecule has 1 aliphatic carbocycles. The predicted octanol–water partition coefficient (Wildman–Crippen LogP) is 4.51. The van der Waals surface area contributed by atoms with E-state index in [-0.39, 0.29) is 22.9 Å². The Hall–Kier alpha value is -2.95. The highest BCUT2D eigenvalue weighted by atomic mass is 19.1. The van der Waals surface area contributed by atoms with Gasteiger partial charge in [-0.3, -0.25) is 9.48 Å². The van der Waals surface area contributed by atoms with Gasteiger partial charge >= 0.3 is 0 Å². The summed E-state index contributed by atoms with van der Waals surface area (Å²) in [6, 6.07) is 16.1. The van der Waals surface area contributed by atoms with E-state index in [0.717, 1.165) is 24.1 Å². The molecule has 4 nitrogen and oxygen atoms in total. The van der Waals surface area contributed by atoms with E-state index in [0.29, 0.717) is 6.54 Å². The topological polar surface area (TPSA) is 46.9 Å². The van der Waals surface area contributed by atoms with E-state index in [1.165, 1.54) is 17.7 Å². The molecular formula is C23H24FN3O. The fourth-order valence-corrected chi connectivity index (χ4v) is 4.00. The van der Waals surface area contributed by atoms with E-state index >= 15 is 0 Å². The van der Waals surface area contributed by atoms with Crippen LogP contribution in [-0.2, 0) is 13.0 Å². The third kappa shape index (κ3) is 3.70. The number of amides is 1. The van der Waals surface area contributed by atoms with Crippen molar-refractivity contribution in [2.24, 2.45) is 5.41 Å². The van der Waals surface area contributed by atoms with Crippen LogP contribution in [0.4, 0.5) is 4.39 Å². The van der Waals surface area contributed by atoms with Crippen LogP contribution in [-0.4, -0.2) is 15.7 Å². The van der Waals surface area contributed by atoms with Gasteiger partial charge in [0.05, 0.1) is 24.3 Å². The van der Waals surface area contributed by atoms with Crippen molar-refractivity contribution in [2.45, 2.75) is 39.3 Å². The van der Waals surface area contributed by atoms with E-state index in [9.17, 15) is 9.18 Å². The fourth-order valence-electron chi connectivity index (χ4n) is 4.00. The molecule has 1 aromatic heterocycles. The number of carbonyl (C=O) groups is 1. The summed E-state index contributed by atoms with van der Waals surface area (Å²) < 4.78 is 16.0. The van der Waals surface area contributed by atoms with Gasteiger partial charge in [0.25, 0.3) is 5.91 Å².